The minimum absolute atomic E-state index is 0.319. The van der Waals surface area contributed by atoms with Crippen molar-refractivity contribution >= 4 is 45.1 Å². The topological polar surface area (TPSA) is 35.5 Å². The van der Waals surface area contributed by atoms with Crippen LogP contribution in [0.15, 0.2) is 16.6 Å². The van der Waals surface area contributed by atoms with Crippen LogP contribution in [-0.2, 0) is 4.79 Å². The second kappa shape index (κ2) is 5.75. The number of methoxy groups -OCH3 is 1. The van der Waals surface area contributed by atoms with Crippen LogP contribution in [0.5, 0.6) is 11.5 Å². The molecule has 0 atom stereocenters. The molecule has 0 aliphatic carbocycles. The number of carbonyl (C=O) groups is 1. The summed E-state index contributed by atoms with van der Waals surface area (Å²) in [5.74, 6) is 0.297. The van der Waals surface area contributed by atoms with Crippen LogP contribution < -0.4 is 9.47 Å². The first-order valence-corrected chi connectivity index (χ1v) is 5.96. The summed E-state index contributed by atoms with van der Waals surface area (Å²) in [6, 6.07) is 3.21. The fourth-order valence-electron chi connectivity index (χ4n) is 1.11. The molecule has 3 nitrogen and oxygen atoms in total. The number of rotatable bonds is 3. The van der Waals surface area contributed by atoms with Crippen LogP contribution in [0, 0.1) is 0 Å². The molecule has 0 aromatic heterocycles. The van der Waals surface area contributed by atoms with E-state index < -0.39 is 10.8 Å². The minimum atomic E-state index is -0.686. The van der Waals surface area contributed by atoms with E-state index in [1.807, 2.05) is 0 Å². The number of carbonyl (C=O) groups excluding carboxylic acids is 1. The van der Waals surface area contributed by atoms with E-state index in [0.717, 1.165) is 0 Å². The summed E-state index contributed by atoms with van der Waals surface area (Å²) in [7, 11) is 1.47. The van der Waals surface area contributed by atoms with Crippen LogP contribution in [0.3, 0.4) is 0 Å². The summed E-state index contributed by atoms with van der Waals surface area (Å²) in [5, 5.41) is 0. The molecule has 6 heteroatoms. The van der Waals surface area contributed by atoms with Gasteiger partial charge in [0.25, 0.3) is 0 Å². The van der Waals surface area contributed by atoms with Crippen LogP contribution in [0.25, 0.3) is 0 Å². The van der Waals surface area contributed by atoms with Crippen molar-refractivity contribution in [1.29, 1.82) is 0 Å². The second-order valence-electron chi connectivity index (χ2n) is 2.92. The van der Waals surface area contributed by atoms with Crippen LogP contribution in [0.1, 0.15) is 17.3 Å². The molecule has 1 rings (SSSR count). The molecular weight excluding hydrogens is 319 g/mol. The first-order chi connectivity index (χ1) is 7.45. The van der Waals surface area contributed by atoms with Crippen molar-refractivity contribution in [3.8, 4) is 11.5 Å². The average Bonchev–Trinajstić information content (AvgIpc) is 2.16. The standard InChI is InChI=1S/C10H9BrCl2O3/c1-5(14)16-9-4-7(11)6(10(12)13)3-8(9)15-2/h3-4,10H,1-2H3. The van der Waals surface area contributed by atoms with Crippen molar-refractivity contribution in [3.63, 3.8) is 0 Å². The molecule has 0 unspecified atom stereocenters. The third-order valence-electron chi connectivity index (χ3n) is 1.77. The second-order valence-corrected chi connectivity index (χ2v) is 4.87. The number of alkyl halides is 2. The molecule has 0 saturated carbocycles. The largest absolute Gasteiger partial charge is 0.493 e. The Bertz CT molecular complexity index is 407. The van der Waals surface area contributed by atoms with E-state index in [9.17, 15) is 4.79 Å². The fourth-order valence-corrected chi connectivity index (χ4v) is 2.29. The summed E-state index contributed by atoms with van der Waals surface area (Å²) in [4.78, 5) is 10.2. The lowest BCUT2D eigenvalue weighted by Crippen LogP contribution is -2.03. The molecule has 0 bridgehead atoms. The van der Waals surface area contributed by atoms with E-state index >= 15 is 0 Å². The van der Waals surface area contributed by atoms with Gasteiger partial charge in [-0.25, -0.2) is 0 Å². The average molecular weight is 328 g/mol. The van der Waals surface area contributed by atoms with Gasteiger partial charge in [0, 0.05) is 17.0 Å². The Labute approximate surface area is 112 Å². The summed E-state index contributed by atoms with van der Waals surface area (Å²) >= 11 is 14.8. The first kappa shape index (κ1) is 13.6. The van der Waals surface area contributed by atoms with Gasteiger partial charge >= 0.3 is 5.97 Å². The third-order valence-corrected chi connectivity index (χ3v) is 2.93. The summed E-state index contributed by atoms with van der Waals surface area (Å²) < 4.78 is 10.7. The molecule has 0 heterocycles. The number of hydrogen-bond acceptors (Lipinski definition) is 3. The minimum Gasteiger partial charge on any atom is -0.493 e. The van der Waals surface area contributed by atoms with Gasteiger partial charge in [0.05, 0.1) is 7.11 Å². The van der Waals surface area contributed by atoms with Gasteiger partial charge in [-0.2, -0.15) is 0 Å². The Hall–Kier alpha value is -0.450. The van der Waals surface area contributed by atoms with Crippen molar-refractivity contribution < 1.29 is 14.3 Å². The highest BCUT2D eigenvalue weighted by molar-refractivity contribution is 9.10. The van der Waals surface area contributed by atoms with Crippen molar-refractivity contribution in [2.24, 2.45) is 0 Å². The van der Waals surface area contributed by atoms with Gasteiger partial charge < -0.3 is 9.47 Å². The lowest BCUT2D eigenvalue weighted by Gasteiger charge is -2.12. The zero-order chi connectivity index (χ0) is 12.3. The Balaban J connectivity index is 3.20. The molecule has 0 radical (unpaired) electrons. The number of halogens is 3. The number of benzene rings is 1. The maximum Gasteiger partial charge on any atom is 0.308 e. The lowest BCUT2D eigenvalue weighted by atomic mass is 10.2. The molecule has 1 aromatic rings. The number of ether oxygens (including phenoxy) is 2. The highest BCUT2D eigenvalue weighted by Gasteiger charge is 2.15. The van der Waals surface area contributed by atoms with Crippen LogP contribution in [-0.4, -0.2) is 13.1 Å². The Kier molecular flexibility index (Phi) is 4.89. The van der Waals surface area contributed by atoms with E-state index in [1.165, 1.54) is 14.0 Å². The zero-order valence-electron chi connectivity index (χ0n) is 8.59. The quantitative estimate of drug-likeness (QED) is 0.480. The summed E-state index contributed by atoms with van der Waals surface area (Å²) in [6.45, 7) is 1.31. The number of hydrogen-bond donors (Lipinski definition) is 0. The summed E-state index contributed by atoms with van der Waals surface area (Å²) in [5.41, 5.74) is 0.649. The lowest BCUT2D eigenvalue weighted by molar-refractivity contribution is -0.132. The van der Waals surface area contributed by atoms with Crippen molar-refractivity contribution in [2.75, 3.05) is 7.11 Å². The van der Waals surface area contributed by atoms with Crippen LogP contribution in [0.4, 0.5) is 0 Å². The SMILES string of the molecule is COc1cc(C(Cl)Cl)c(Br)cc1OC(C)=O. The monoisotopic (exact) mass is 326 g/mol. The first-order valence-electron chi connectivity index (χ1n) is 4.29. The molecule has 1 aromatic carbocycles. The Morgan fingerprint density at radius 3 is 2.44 bits per heavy atom. The van der Waals surface area contributed by atoms with Crippen molar-refractivity contribution in [3.05, 3.63) is 22.2 Å². The highest BCUT2D eigenvalue weighted by Crippen LogP contribution is 2.39. The fraction of sp³-hybridized carbons (Fsp3) is 0.300. The van der Waals surface area contributed by atoms with Gasteiger partial charge in [0.15, 0.2) is 11.5 Å². The van der Waals surface area contributed by atoms with E-state index in [4.69, 9.17) is 32.7 Å². The highest BCUT2D eigenvalue weighted by atomic mass is 79.9. The predicted molar refractivity (Wildman–Crippen MR) is 66.5 cm³/mol. The van der Waals surface area contributed by atoms with Crippen molar-refractivity contribution in [2.45, 2.75) is 11.8 Å². The van der Waals surface area contributed by atoms with Crippen LogP contribution >= 0.6 is 39.1 Å². The molecule has 0 aliphatic rings. The summed E-state index contributed by atoms with van der Waals surface area (Å²) in [6.07, 6.45) is 0. The smallest absolute Gasteiger partial charge is 0.308 e. The van der Waals surface area contributed by atoms with Crippen LogP contribution in [0.2, 0.25) is 0 Å². The predicted octanol–water partition coefficient (Wildman–Crippen LogP) is 3.86. The van der Waals surface area contributed by atoms with Gasteiger partial charge in [0.1, 0.15) is 4.84 Å². The Morgan fingerprint density at radius 1 is 1.38 bits per heavy atom. The molecule has 0 amide bonds. The number of esters is 1. The Morgan fingerprint density at radius 2 is 2.00 bits per heavy atom. The molecule has 0 N–H and O–H groups in total. The molecule has 0 aliphatic heterocycles. The van der Waals surface area contributed by atoms with Crippen molar-refractivity contribution in [1.82, 2.24) is 0 Å². The molecule has 88 valence electrons. The van der Waals surface area contributed by atoms with Gasteiger partial charge in [-0.15, -0.1) is 23.2 Å². The third kappa shape index (κ3) is 3.27. The van der Waals surface area contributed by atoms with Gasteiger partial charge in [-0.1, -0.05) is 15.9 Å². The van der Waals surface area contributed by atoms with E-state index in [-0.39, 0.29) is 0 Å². The maximum absolute atomic E-state index is 10.9. The van der Waals surface area contributed by atoms with E-state index in [2.05, 4.69) is 15.9 Å². The van der Waals surface area contributed by atoms with E-state index in [0.29, 0.717) is 21.5 Å². The molecule has 0 saturated heterocycles. The normalized spacial score (nSPS) is 10.4. The van der Waals surface area contributed by atoms with E-state index in [1.54, 1.807) is 12.1 Å². The molecule has 0 spiro atoms. The van der Waals surface area contributed by atoms with Gasteiger partial charge in [0.2, 0.25) is 0 Å². The van der Waals surface area contributed by atoms with Gasteiger partial charge in [-0.3, -0.25) is 4.79 Å². The maximum atomic E-state index is 10.9. The zero-order valence-corrected chi connectivity index (χ0v) is 11.7. The molecule has 16 heavy (non-hydrogen) atoms. The molecule has 0 fully saturated rings. The van der Waals surface area contributed by atoms with Gasteiger partial charge in [-0.05, 0) is 12.1 Å². The molecular formula is C10H9BrCl2O3.